The molecule has 1 atom stereocenters. The summed E-state index contributed by atoms with van der Waals surface area (Å²) in [4.78, 5) is 27.6. The fourth-order valence-electron chi connectivity index (χ4n) is 3.87. The highest BCUT2D eigenvalue weighted by Gasteiger charge is 2.47. The van der Waals surface area contributed by atoms with Crippen LogP contribution in [0, 0.1) is 0 Å². The number of halogens is 1. The van der Waals surface area contributed by atoms with E-state index in [1.165, 1.54) is 4.90 Å². The van der Waals surface area contributed by atoms with E-state index in [0.29, 0.717) is 33.3 Å². The molecule has 1 unspecified atom stereocenters. The first-order chi connectivity index (χ1) is 15.0. The van der Waals surface area contributed by atoms with Crippen molar-refractivity contribution in [1.82, 2.24) is 0 Å². The summed E-state index contributed by atoms with van der Waals surface area (Å²) in [6, 6.07) is 19.7. The summed E-state index contributed by atoms with van der Waals surface area (Å²) < 4.78 is 10.9. The number of carbonyl (C=O) groups is 2. The van der Waals surface area contributed by atoms with Crippen molar-refractivity contribution in [3.05, 3.63) is 94.5 Å². The van der Waals surface area contributed by atoms with Crippen LogP contribution in [0.25, 0.3) is 5.76 Å². The molecule has 1 saturated heterocycles. The summed E-state index contributed by atoms with van der Waals surface area (Å²) in [5, 5.41) is 11.5. The number of benzene rings is 3. The Morgan fingerprint density at radius 3 is 2.48 bits per heavy atom. The highest BCUT2D eigenvalue weighted by molar-refractivity contribution is 6.51. The maximum Gasteiger partial charge on any atom is 0.300 e. The zero-order valence-corrected chi connectivity index (χ0v) is 16.9. The van der Waals surface area contributed by atoms with Gasteiger partial charge in [-0.25, -0.2) is 0 Å². The maximum absolute atomic E-state index is 13.1. The number of anilines is 1. The first kappa shape index (κ1) is 19.2. The van der Waals surface area contributed by atoms with Gasteiger partial charge in [-0.05, 0) is 35.9 Å². The fraction of sp³-hybridized carbons (Fsp3) is 0.0833. The van der Waals surface area contributed by atoms with E-state index in [-0.39, 0.29) is 18.1 Å². The number of fused-ring (bicyclic) bond motifs is 1. The third-order valence-corrected chi connectivity index (χ3v) is 5.53. The quantitative estimate of drug-likeness (QED) is 0.368. The van der Waals surface area contributed by atoms with Crippen molar-refractivity contribution in [2.75, 3.05) is 11.7 Å². The molecule has 6 nitrogen and oxygen atoms in total. The molecule has 5 rings (SSSR count). The molecule has 7 heteroatoms. The van der Waals surface area contributed by atoms with Gasteiger partial charge in [0.05, 0.1) is 11.6 Å². The molecular formula is C24H16ClNO5. The van der Waals surface area contributed by atoms with Gasteiger partial charge < -0.3 is 14.6 Å². The van der Waals surface area contributed by atoms with Crippen LogP contribution in [-0.2, 0) is 9.59 Å². The second kappa shape index (κ2) is 7.49. The van der Waals surface area contributed by atoms with E-state index >= 15 is 0 Å². The molecule has 0 bridgehead atoms. The van der Waals surface area contributed by atoms with Gasteiger partial charge >= 0.3 is 0 Å². The van der Waals surface area contributed by atoms with E-state index in [1.807, 2.05) is 0 Å². The summed E-state index contributed by atoms with van der Waals surface area (Å²) in [5.74, 6) is -0.682. The van der Waals surface area contributed by atoms with Gasteiger partial charge in [0.25, 0.3) is 11.7 Å². The number of aliphatic hydroxyl groups is 1. The normalized spacial score (nSPS) is 19.1. The predicted molar refractivity (Wildman–Crippen MR) is 115 cm³/mol. The average molecular weight is 434 g/mol. The molecule has 3 aromatic rings. The van der Waals surface area contributed by atoms with Gasteiger partial charge in [0, 0.05) is 16.3 Å². The lowest BCUT2D eigenvalue weighted by Crippen LogP contribution is -2.29. The maximum atomic E-state index is 13.1. The number of nitrogens with zero attached hydrogens (tertiary/aromatic N) is 1. The second-order valence-corrected chi connectivity index (χ2v) is 7.56. The summed E-state index contributed by atoms with van der Waals surface area (Å²) >= 11 is 6.15. The highest BCUT2D eigenvalue weighted by atomic mass is 35.5. The number of ketones is 1. The molecule has 0 spiro atoms. The van der Waals surface area contributed by atoms with Crippen molar-refractivity contribution in [3.8, 4) is 11.5 Å². The van der Waals surface area contributed by atoms with E-state index in [9.17, 15) is 14.7 Å². The lowest BCUT2D eigenvalue weighted by Gasteiger charge is -2.25. The molecule has 0 radical (unpaired) electrons. The van der Waals surface area contributed by atoms with Crippen LogP contribution in [0.3, 0.4) is 0 Å². The molecule has 1 fully saturated rings. The minimum absolute atomic E-state index is 0.00459. The van der Waals surface area contributed by atoms with Gasteiger partial charge in [-0.3, -0.25) is 14.5 Å². The first-order valence-corrected chi connectivity index (χ1v) is 9.94. The summed E-state index contributed by atoms with van der Waals surface area (Å²) in [6.07, 6.45) is 0. The van der Waals surface area contributed by atoms with Gasteiger partial charge in [0.15, 0.2) is 11.5 Å². The van der Waals surface area contributed by atoms with Crippen LogP contribution in [0.15, 0.2) is 78.4 Å². The number of aliphatic hydroxyl groups excluding tert-OH is 1. The molecule has 31 heavy (non-hydrogen) atoms. The van der Waals surface area contributed by atoms with Gasteiger partial charge in [0.2, 0.25) is 6.79 Å². The first-order valence-electron chi connectivity index (χ1n) is 9.56. The van der Waals surface area contributed by atoms with Crippen LogP contribution in [0.2, 0.25) is 5.02 Å². The molecule has 2 aliphatic heterocycles. The number of carbonyl (C=O) groups excluding carboxylic acids is 2. The molecule has 3 aromatic carbocycles. The van der Waals surface area contributed by atoms with Crippen molar-refractivity contribution in [1.29, 1.82) is 0 Å². The third kappa shape index (κ3) is 3.21. The molecule has 2 aliphatic rings. The molecule has 1 amide bonds. The van der Waals surface area contributed by atoms with Gasteiger partial charge in [-0.15, -0.1) is 0 Å². The minimum Gasteiger partial charge on any atom is -0.507 e. The van der Waals surface area contributed by atoms with Crippen LogP contribution in [0.4, 0.5) is 5.69 Å². The molecule has 0 aromatic heterocycles. The standard InChI is InChI=1S/C24H16ClNO5/c25-16-7-4-8-17(12-16)26-21(15-9-10-18-19(11-15)31-13-30-18)20(23(28)24(26)29)22(27)14-5-2-1-3-6-14/h1-12,21,27H,13H2. The van der Waals surface area contributed by atoms with E-state index in [1.54, 1.807) is 72.8 Å². The number of hydrogen-bond donors (Lipinski definition) is 1. The van der Waals surface area contributed by atoms with E-state index in [4.69, 9.17) is 21.1 Å². The van der Waals surface area contributed by atoms with E-state index < -0.39 is 17.7 Å². The average Bonchev–Trinajstić information content (AvgIpc) is 3.36. The van der Waals surface area contributed by atoms with E-state index in [2.05, 4.69) is 0 Å². The third-order valence-electron chi connectivity index (χ3n) is 5.29. The Kier molecular flexibility index (Phi) is 4.64. The van der Waals surface area contributed by atoms with E-state index in [0.717, 1.165) is 0 Å². The largest absolute Gasteiger partial charge is 0.507 e. The van der Waals surface area contributed by atoms with Crippen molar-refractivity contribution < 1.29 is 24.2 Å². The number of rotatable bonds is 3. The van der Waals surface area contributed by atoms with Crippen molar-refractivity contribution in [3.63, 3.8) is 0 Å². The zero-order chi connectivity index (χ0) is 21.5. The van der Waals surface area contributed by atoms with Crippen LogP contribution >= 0.6 is 11.6 Å². The highest BCUT2D eigenvalue weighted by Crippen LogP contribution is 2.45. The number of amides is 1. The number of hydrogen-bond acceptors (Lipinski definition) is 5. The molecule has 2 heterocycles. The summed E-state index contributed by atoms with van der Waals surface area (Å²) in [7, 11) is 0. The Morgan fingerprint density at radius 1 is 0.935 bits per heavy atom. The van der Waals surface area contributed by atoms with Crippen LogP contribution < -0.4 is 14.4 Å². The summed E-state index contributed by atoms with van der Waals surface area (Å²) in [5.41, 5.74) is 1.48. The Balaban J connectivity index is 1.73. The predicted octanol–water partition coefficient (Wildman–Crippen LogP) is 4.70. The molecular weight excluding hydrogens is 418 g/mol. The van der Waals surface area contributed by atoms with Gasteiger partial charge in [0.1, 0.15) is 5.76 Å². The Labute approximate surface area is 182 Å². The topological polar surface area (TPSA) is 76.1 Å². The molecule has 0 saturated carbocycles. The number of ether oxygens (including phenoxy) is 2. The van der Waals surface area contributed by atoms with Crippen LogP contribution in [0.5, 0.6) is 11.5 Å². The lowest BCUT2D eigenvalue weighted by molar-refractivity contribution is -0.132. The monoisotopic (exact) mass is 433 g/mol. The second-order valence-electron chi connectivity index (χ2n) is 7.13. The lowest BCUT2D eigenvalue weighted by atomic mass is 9.95. The van der Waals surface area contributed by atoms with Gasteiger partial charge in [-0.1, -0.05) is 54.1 Å². The fourth-order valence-corrected chi connectivity index (χ4v) is 4.06. The Morgan fingerprint density at radius 2 is 1.71 bits per heavy atom. The molecule has 1 N–H and O–H groups in total. The van der Waals surface area contributed by atoms with Crippen molar-refractivity contribution >= 4 is 34.7 Å². The molecule has 0 aliphatic carbocycles. The number of Topliss-reactive ketones (excluding diaryl/α,β-unsaturated/α-hetero) is 1. The van der Waals surface area contributed by atoms with Gasteiger partial charge in [-0.2, -0.15) is 0 Å². The Bertz CT molecular complexity index is 1240. The zero-order valence-electron chi connectivity index (χ0n) is 16.1. The van der Waals surface area contributed by atoms with Crippen LogP contribution in [0.1, 0.15) is 17.2 Å². The smallest absolute Gasteiger partial charge is 0.300 e. The van der Waals surface area contributed by atoms with Crippen molar-refractivity contribution in [2.24, 2.45) is 0 Å². The molecule has 154 valence electrons. The minimum atomic E-state index is -0.867. The van der Waals surface area contributed by atoms with Crippen molar-refractivity contribution in [2.45, 2.75) is 6.04 Å². The van der Waals surface area contributed by atoms with Crippen LogP contribution in [-0.4, -0.2) is 23.6 Å². The SMILES string of the molecule is O=C1C(=O)N(c2cccc(Cl)c2)C(c2ccc3c(c2)OCO3)C1=C(O)c1ccccc1. The summed E-state index contributed by atoms with van der Waals surface area (Å²) in [6.45, 7) is 0.0945. The Hall–Kier alpha value is -3.77.